The summed E-state index contributed by atoms with van der Waals surface area (Å²) in [4.78, 5) is 33.3. The van der Waals surface area contributed by atoms with Crippen molar-refractivity contribution in [2.24, 2.45) is 0 Å². The number of nitrogens with zero attached hydrogens (tertiary/aromatic N) is 3. The van der Waals surface area contributed by atoms with Crippen molar-refractivity contribution < 1.29 is 27.1 Å². The Morgan fingerprint density at radius 1 is 1.10 bits per heavy atom. The molecule has 1 N–H and O–H groups in total. The van der Waals surface area contributed by atoms with Crippen molar-refractivity contribution in [2.45, 2.75) is 44.8 Å². The van der Waals surface area contributed by atoms with Crippen LogP contribution < -0.4 is 15.6 Å². The zero-order chi connectivity index (χ0) is 27.7. The topological polar surface area (TPSA) is 76.5 Å². The first-order valence-electron chi connectivity index (χ1n) is 12.3. The summed E-state index contributed by atoms with van der Waals surface area (Å²) in [5, 5.41) is 2.70. The minimum atomic E-state index is -4.95. The highest BCUT2D eigenvalue weighted by Crippen LogP contribution is 2.37. The maximum atomic E-state index is 13.9. The number of urea groups is 1. The maximum Gasteiger partial charge on any atom is 0.573 e. The minimum Gasteiger partial charge on any atom is -0.404 e. The Hall–Kier alpha value is -4.41. The van der Waals surface area contributed by atoms with Crippen LogP contribution in [0.4, 0.5) is 28.0 Å². The van der Waals surface area contributed by atoms with Crippen LogP contribution in [0.25, 0.3) is 10.9 Å². The summed E-state index contributed by atoms with van der Waals surface area (Å²) >= 11 is 0. The van der Waals surface area contributed by atoms with Crippen LogP contribution in [0.15, 0.2) is 77.6 Å². The number of hydrogen-bond donors (Lipinski definition) is 1. The summed E-state index contributed by atoms with van der Waals surface area (Å²) in [5.74, 6) is -0.798. The molecular formula is C28H24F4N4O3. The van der Waals surface area contributed by atoms with Crippen LogP contribution in [0.1, 0.15) is 43.2 Å². The minimum absolute atomic E-state index is 0.129. The molecule has 2 heterocycles. The van der Waals surface area contributed by atoms with Crippen LogP contribution >= 0.6 is 0 Å². The molecule has 0 aliphatic carbocycles. The van der Waals surface area contributed by atoms with Gasteiger partial charge in [0.05, 0.1) is 28.7 Å². The number of aromatic nitrogens is 2. The number of para-hydroxylation sites is 2. The lowest BCUT2D eigenvalue weighted by Crippen LogP contribution is -2.44. The van der Waals surface area contributed by atoms with E-state index in [-0.39, 0.29) is 16.6 Å². The molecule has 0 bridgehead atoms. The van der Waals surface area contributed by atoms with Gasteiger partial charge in [-0.15, -0.1) is 13.2 Å². The van der Waals surface area contributed by atoms with Gasteiger partial charge in [0.1, 0.15) is 11.6 Å². The third-order valence-corrected chi connectivity index (χ3v) is 6.73. The van der Waals surface area contributed by atoms with Gasteiger partial charge in [-0.3, -0.25) is 9.36 Å². The predicted octanol–water partition coefficient (Wildman–Crippen LogP) is 6.56. The van der Waals surface area contributed by atoms with Crippen molar-refractivity contribution in [2.75, 3.05) is 5.32 Å². The molecule has 5 rings (SSSR count). The Balaban J connectivity index is 1.59. The molecular weight excluding hydrogens is 516 g/mol. The van der Waals surface area contributed by atoms with E-state index in [1.165, 1.54) is 39.8 Å². The monoisotopic (exact) mass is 540 g/mol. The number of ether oxygens (including phenoxy) is 1. The van der Waals surface area contributed by atoms with E-state index < -0.39 is 41.6 Å². The Kier molecular flexibility index (Phi) is 6.98. The molecule has 0 saturated carbocycles. The van der Waals surface area contributed by atoms with Gasteiger partial charge < -0.3 is 15.0 Å². The predicted molar refractivity (Wildman–Crippen MR) is 137 cm³/mol. The van der Waals surface area contributed by atoms with Crippen LogP contribution in [0.3, 0.4) is 0 Å². The van der Waals surface area contributed by atoms with Crippen molar-refractivity contribution in [3.05, 3.63) is 100 Å². The Labute approximate surface area is 220 Å². The number of nitrogens with one attached hydrogen (secondary N) is 1. The van der Waals surface area contributed by atoms with E-state index in [0.717, 1.165) is 17.7 Å². The summed E-state index contributed by atoms with van der Waals surface area (Å²) in [6.45, 7) is 2.13. The van der Waals surface area contributed by atoms with Gasteiger partial charge in [0.2, 0.25) is 0 Å². The lowest BCUT2D eigenvalue weighted by molar-refractivity contribution is -0.274. The molecule has 202 valence electrons. The van der Waals surface area contributed by atoms with Crippen molar-refractivity contribution in [3.8, 4) is 5.75 Å². The summed E-state index contributed by atoms with van der Waals surface area (Å²) < 4.78 is 58.4. The van der Waals surface area contributed by atoms with Crippen molar-refractivity contribution in [1.29, 1.82) is 0 Å². The maximum absolute atomic E-state index is 13.9. The normalized spacial score (nSPS) is 15.9. The van der Waals surface area contributed by atoms with Gasteiger partial charge in [0.25, 0.3) is 5.56 Å². The number of rotatable bonds is 5. The summed E-state index contributed by atoms with van der Waals surface area (Å²) in [5.41, 5.74) is 0.474. The van der Waals surface area contributed by atoms with Crippen molar-refractivity contribution >= 4 is 22.6 Å². The van der Waals surface area contributed by atoms with Gasteiger partial charge >= 0.3 is 12.4 Å². The number of hydrogen-bond acceptors (Lipinski definition) is 4. The molecule has 2 atom stereocenters. The van der Waals surface area contributed by atoms with E-state index in [0.29, 0.717) is 25.2 Å². The van der Waals surface area contributed by atoms with Gasteiger partial charge in [-0.05, 0) is 55.7 Å². The molecule has 2 unspecified atom stereocenters. The van der Waals surface area contributed by atoms with Crippen LogP contribution in [-0.2, 0) is 6.54 Å². The van der Waals surface area contributed by atoms with E-state index in [9.17, 15) is 27.2 Å². The number of carbonyl (C=O) groups is 1. The second-order valence-corrected chi connectivity index (χ2v) is 9.21. The van der Waals surface area contributed by atoms with Gasteiger partial charge in [-0.25, -0.2) is 14.2 Å². The first-order chi connectivity index (χ1) is 18.6. The summed E-state index contributed by atoms with van der Waals surface area (Å²) in [6.07, 6.45) is -3.98. The third kappa shape index (κ3) is 5.43. The number of benzene rings is 3. The molecule has 7 nitrogen and oxygen atoms in total. The molecule has 1 aliphatic rings. The number of anilines is 1. The second kappa shape index (κ2) is 10.4. The van der Waals surface area contributed by atoms with E-state index in [1.54, 1.807) is 6.92 Å². The van der Waals surface area contributed by atoms with E-state index in [2.05, 4.69) is 15.0 Å². The Morgan fingerprint density at radius 3 is 2.56 bits per heavy atom. The quantitative estimate of drug-likeness (QED) is 0.291. The first kappa shape index (κ1) is 26.2. The average Bonchev–Trinajstić information content (AvgIpc) is 2.90. The van der Waals surface area contributed by atoms with Crippen molar-refractivity contribution in [3.63, 3.8) is 0 Å². The largest absolute Gasteiger partial charge is 0.573 e. The number of fused-ring (bicyclic) bond motifs is 2. The van der Waals surface area contributed by atoms with Gasteiger partial charge in [-0.2, -0.15) is 0 Å². The fourth-order valence-electron chi connectivity index (χ4n) is 4.96. The Bertz CT molecular complexity index is 1570. The SMILES string of the molecule is CC(c1ccccc1)N(C(=O)Nc1ccccc1OC(F)(F)F)C1CCCn2c1nc1ccc(F)cc1c2=O. The van der Waals surface area contributed by atoms with E-state index in [4.69, 9.17) is 0 Å². The lowest BCUT2D eigenvalue weighted by atomic mass is 9.99. The number of alkyl halides is 3. The third-order valence-electron chi connectivity index (χ3n) is 6.73. The van der Waals surface area contributed by atoms with Gasteiger partial charge in [0.15, 0.2) is 5.75 Å². The van der Waals surface area contributed by atoms with E-state index >= 15 is 0 Å². The highest BCUT2D eigenvalue weighted by atomic mass is 19.4. The zero-order valence-corrected chi connectivity index (χ0v) is 20.8. The van der Waals surface area contributed by atoms with Crippen LogP contribution in [0.5, 0.6) is 5.75 Å². The fourth-order valence-corrected chi connectivity index (χ4v) is 4.96. The lowest BCUT2D eigenvalue weighted by Gasteiger charge is -2.39. The average molecular weight is 541 g/mol. The molecule has 4 aromatic rings. The fraction of sp³-hybridized carbons (Fsp3) is 0.250. The Morgan fingerprint density at radius 2 is 1.82 bits per heavy atom. The highest BCUT2D eigenvalue weighted by Gasteiger charge is 2.37. The molecule has 0 saturated heterocycles. The molecule has 39 heavy (non-hydrogen) atoms. The summed E-state index contributed by atoms with van der Waals surface area (Å²) in [6, 6.07) is 16.2. The molecule has 1 aromatic heterocycles. The van der Waals surface area contributed by atoms with Crippen LogP contribution in [-0.4, -0.2) is 26.8 Å². The van der Waals surface area contributed by atoms with Crippen LogP contribution in [0.2, 0.25) is 0 Å². The molecule has 2 amide bonds. The zero-order valence-electron chi connectivity index (χ0n) is 20.8. The molecule has 3 aromatic carbocycles. The smallest absolute Gasteiger partial charge is 0.404 e. The van der Waals surface area contributed by atoms with Crippen LogP contribution in [0, 0.1) is 5.82 Å². The summed E-state index contributed by atoms with van der Waals surface area (Å²) in [7, 11) is 0. The molecule has 1 aliphatic heterocycles. The molecule has 0 fully saturated rings. The first-order valence-corrected chi connectivity index (χ1v) is 12.3. The van der Waals surface area contributed by atoms with E-state index in [1.807, 2.05) is 30.3 Å². The molecule has 11 heteroatoms. The number of amides is 2. The standard InChI is InChI=1S/C28H24F4N4O3/c1-17(18-8-3-2-4-9-18)36(27(38)34-22-10-5-6-12-24(22)39-28(30,31)32)23-11-7-15-35-25(23)33-21-14-13-19(29)16-20(21)26(35)37/h2-6,8-10,12-14,16-17,23H,7,11,15H2,1H3,(H,34,38). The van der Waals surface area contributed by atoms with Crippen molar-refractivity contribution in [1.82, 2.24) is 14.5 Å². The highest BCUT2D eigenvalue weighted by molar-refractivity contribution is 5.91. The number of halogens is 4. The van der Waals surface area contributed by atoms with Gasteiger partial charge in [0, 0.05) is 6.54 Å². The number of carbonyl (C=O) groups excluding carboxylic acids is 1. The second-order valence-electron chi connectivity index (χ2n) is 9.21. The molecule has 0 spiro atoms. The van der Waals surface area contributed by atoms with Gasteiger partial charge in [-0.1, -0.05) is 42.5 Å². The molecule has 0 radical (unpaired) electrons.